The Morgan fingerprint density at radius 2 is 2.28 bits per heavy atom. The van der Waals surface area contributed by atoms with Crippen LogP contribution in [0.3, 0.4) is 0 Å². The molecule has 1 saturated heterocycles. The molecule has 2 rings (SSSR count). The van der Waals surface area contributed by atoms with Gasteiger partial charge in [-0.15, -0.1) is 0 Å². The van der Waals surface area contributed by atoms with E-state index in [4.69, 9.17) is 0 Å². The van der Waals surface area contributed by atoms with Crippen LogP contribution in [0.15, 0.2) is 6.20 Å². The second-order valence-electron chi connectivity index (χ2n) is 5.31. The molecular weight excluding hydrogens is 228 g/mol. The topological polar surface area (TPSA) is 59.0 Å². The van der Waals surface area contributed by atoms with E-state index >= 15 is 0 Å². The van der Waals surface area contributed by atoms with Gasteiger partial charge < -0.3 is 10.6 Å². The van der Waals surface area contributed by atoms with Gasteiger partial charge in [0.05, 0.1) is 11.3 Å². The van der Waals surface area contributed by atoms with Crippen LogP contribution in [0.25, 0.3) is 0 Å². The van der Waals surface area contributed by atoms with Crippen molar-refractivity contribution in [3.63, 3.8) is 0 Å². The third-order valence-electron chi connectivity index (χ3n) is 3.77. The summed E-state index contributed by atoms with van der Waals surface area (Å²) in [6.07, 6.45) is 2.87. The monoisotopic (exact) mass is 250 g/mol. The summed E-state index contributed by atoms with van der Waals surface area (Å²) in [5, 5.41) is 10.7. The maximum absolute atomic E-state index is 12.2. The number of carbonyl (C=O) groups excluding carboxylic acids is 1. The van der Waals surface area contributed by atoms with Gasteiger partial charge in [0, 0.05) is 25.3 Å². The Kier molecular flexibility index (Phi) is 3.71. The van der Waals surface area contributed by atoms with Gasteiger partial charge in [-0.25, -0.2) is 0 Å². The van der Waals surface area contributed by atoms with Crippen LogP contribution in [0.5, 0.6) is 0 Å². The van der Waals surface area contributed by atoms with E-state index in [9.17, 15) is 4.79 Å². The lowest BCUT2D eigenvalue weighted by molar-refractivity contribution is 0.0897. The maximum Gasteiger partial charge on any atom is 0.255 e. The van der Waals surface area contributed by atoms with Crippen molar-refractivity contribution < 1.29 is 4.79 Å². The molecule has 0 saturated carbocycles. The SMILES string of the molecule is Cc1nn(C)cc1C(=O)NC1C(C)CCNC1C. The molecule has 3 unspecified atom stereocenters. The van der Waals surface area contributed by atoms with E-state index in [0.717, 1.165) is 18.7 Å². The van der Waals surface area contributed by atoms with Gasteiger partial charge >= 0.3 is 0 Å². The van der Waals surface area contributed by atoms with Gasteiger partial charge in [-0.05, 0) is 32.7 Å². The highest BCUT2D eigenvalue weighted by atomic mass is 16.1. The Morgan fingerprint density at radius 3 is 2.83 bits per heavy atom. The largest absolute Gasteiger partial charge is 0.347 e. The summed E-state index contributed by atoms with van der Waals surface area (Å²) in [7, 11) is 1.83. The van der Waals surface area contributed by atoms with E-state index < -0.39 is 0 Å². The van der Waals surface area contributed by atoms with Gasteiger partial charge in [0.2, 0.25) is 0 Å². The predicted molar refractivity (Wildman–Crippen MR) is 70.4 cm³/mol. The molecule has 5 nitrogen and oxygen atoms in total. The lowest BCUT2D eigenvalue weighted by atomic mass is 9.89. The smallest absolute Gasteiger partial charge is 0.255 e. The number of aryl methyl sites for hydroxylation is 2. The standard InChI is InChI=1S/C13H22N4O/c1-8-5-6-14-10(3)12(8)15-13(18)11-7-17(4)16-9(11)2/h7-8,10,12,14H,5-6H2,1-4H3,(H,15,18). The molecule has 1 aliphatic rings. The second-order valence-corrected chi connectivity index (χ2v) is 5.31. The third-order valence-corrected chi connectivity index (χ3v) is 3.77. The summed E-state index contributed by atoms with van der Waals surface area (Å²) >= 11 is 0. The highest BCUT2D eigenvalue weighted by Gasteiger charge is 2.29. The van der Waals surface area contributed by atoms with Gasteiger partial charge in [0.25, 0.3) is 5.91 Å². The highest BCUT2D eigenvalue weighted by molar-refractivity contribution is 5.95. The van der Waals surface area contributed by atoms with Crippen molar-refractivity contribution in [3.05, 3.63) is 17.5 Å². The Labute approximate surface area is 108 Å². The summed E-state index contributed by atoms with van der Waals surface area (Å²) in [5.41, 5.74) is 1.45. The quantitative estimate of drug-likeness (QED) is 0.818. The van der Waals surface area contributed by atoms with Crippen LogP contribution in [-0.4, -0.2) is 34.3 Å². The van der Waals surface area contributed by atoms with Gasteiger partial charge in [0.15, 0.2) is 0 Å². The van der Waals surface area contributed by atoms with Crippen molar-refractivity contribution in [1.82, 2.24) is 20.4 Å². The number of rotatable bonds is 2. The molecule has 0 spiro atoms. The van der Waals surface area contributed by atoms with Crippen molar-refractivity contribution >= 4 is 5.91 Å². The minimum Gasteiger partial charge on any atom is -0.347 e. The fourth-order valence-corrected chi connectivity index (χ4v) is 2.66. The number of carbonyl (C=O) groups is 1. The van der Waals surface area contributed by atoms with E-state index in [0.29, 0.717) is 17.5 Å². The molecule has 0 radical (unpaired) electrons. The van der Waals surface area contributed by atoms with Crippen LogP contribution in [0, 0.1) is 12.8 Å². The van der Waals surface area contributed by atoms with Gasteiger partial charge in [-0.3, -0.25) is 9.48 Å². The molecule has 100 valence electrons. The van der Waals surface area contributed by atoms with Crippen LogP contribution in [0.2, 0.25) is 0 Å². The fraction of sp³-hybridized carbons (Fsp3) is 0.692. The lowest BCUT2D eigenvalue weighted by Crippen LogP contribution is -2.55. The molecular formula is C13H22N4O. The Hall–Kier alpha value is -1.36. The van der Waals surface area contributed by atoms with E-state index in [1.54, 1.807) is 10.9 Å². The van der Waals surface area contributed by atoms with Crippen LogP contribution in [0.1, 0.15) is 36.3 Å². The zero-order valence-electron chi connectivity index (χ0n) is 11.5. The van der Waals surface area contributed by atoms with Crippen LogP contribution in [0.4, 0.5) is 0 Å². The molecule has 3 atom stereocenters. The first-order chi connectivity index (χ1) is 8.49. The second kappa shape index (κ2) is 5.10. The molecule has 1 amide bonds. The summed E-state index contributed by atoms with van der Waals surface area (Å²) in [6.45, 7) is 7.20. The number of nitrogens with zero attached hydrogens (tertiary/aromatic N) is 2. The van der Waals surface area contributed by atoms with E-state index in [1.165, 1.54) is 0 Å². The summed E-state index contributed by atoms with van der Waals surface area (Å²) in [6, 6.07) is 0.500. The fourth-order valence-electron chi connectivity index (χ4n) is 2.66. The molecule has 0 aliphatic carbocycles. The molecule has 18 heavy (non-hydrogen) atoms. The number of nitrogens with one attached hydrogen (secondary N) is 2. The number of aromatic nitrogens is 2. The van der Waals surface area contributed by atoms with Crippen molar-refractivity contribution in [2.45, 2.75) is 39.3 Å². The van der Waals surface area contributed by atoms with Crippen LogP contribution < -0.4 is 10.6 Å². The lowest BCUT2D eigenvalue weighted by Gasteiger charge is -2.35. The number of hydrogen-bond donors (Lipinski definition) is 2. The summed E-state index contributed by atoms with van der Waals surface area (Å²) in [5.74, 6) is 0.482. The Balaban J connectivity index is 2.08. The summed E-state index contributed by atoms with van der Waals surface area (Å²) < 4.78 is 1.68. The molecule has 1 fully saturated rings. The molecule has 0 aromatic carbocycles. The van der Waals surface area contributed by atoms with Crippen LogP contribution in [-0.2, 0) is 7.05 Å². The first-order valence-corrected chi connectivity index (χ1v) is 6.53. The molecule has 2 heterocycles. The normalized spacial score (nSPS) is 28.1. The van der Waals surface area contributed by atoms with Crippen molar-refractivity contribution in [1.29, 1.82) is 0 Å². The average Bonchev–Trinajstić information content (AvgIpc) is 2.63. The first kappa shape index (κ1) is 13.1. The predicted octanol–water partition coefficient (Wildman–Crippen LogP) is 0.845. The number of amides is 1. The molecule has 2 N–H and O–H groups in total. The van der Waals surface area contributed by atoms with Crippen LogP contribution >= 0.6 is 0 Å². The zero-order chi connectivity index (χ0) is 13.3. The number of piperidine rings is 1. The van der Waals surface area contributed by atoms with Gasteiger partial charge in [0.1, 0.15) is 0 Å². The highest BCUT2D eigenvalue weighted by Crippen LogP contribution is 2.17. The first-order valence-electron chi connectivity index (χ1n) is 6.53. The molecule has 0 bridgehead atoms. The molecule has 1 aliphatic heterocycles. The third kappa shape index (κ3) is 2.56. The van der Waals surface area contributed by atoms with Crippen molar-refractivity contribution in [2.75, 3.05) is 6.54 Å². The molecule has 1 aromatic heterocycles. The van der Waals surface area contributed by atoms with Gasteiger partial charge in [-0.2, -0.15) is 5.10 Å². The molecule has 1 aromatic rings. The number of hydrogen-bond acceptors (Lipinski definition) is 3. The average molecular weight is 250 g/mol. The van der Waals surface area contributed by atoms with E-state index in [-0.39, 0.29) is 11.9 Å². The van der Waals surface area contributed by atoms with E-state index in [2.05, 4.69) is 29.6 Å². The maximum atomic E-state index is 12.2. The summed E-state index contributed by atoms with van der Waals surface area (Å²) in [4.78, 5) is 12.2. The minimum absolute atomic E-state index is 0.0204. The minimum atomic E-state index is -0.0204. The Bertz CT molecular complexity index is 430. The van der Waals surface area contributed by atoms with Gasteiger partial charge in [-0.1, -0.05) is 6.92 Å². The molecule has 5 heteroatoms. The van der Waals surface area contributed by atoms with Crippen molar-refractivity contribution in [3.8, 4) is 0 Å². The zero-order valence-corrected chi connectivity index (χ0v) is 11.5. The van der Waals surface area contributed by atoms with E-state index in [1.807, 2.05) is 14.0 Å². The Morgan fingerprint density at radius 1 is 1.56 bits per heavy atom. The van der Waals surface area contributed by atoms with Crippen molar-refractivity contribution in [2.24, 2.45) is 13.0 Å².